The highest BCUT2D eigenvalue weighted by Crippen LogP contribution is 2.60. The van der Waals surface area contributed by atoms with Crippen LogP contribution in [0.15, 0.2) is 23.8 Å². The van der Waals surface area contributed by atoms with Crippen molar-refractivity contribution in [3.05, 3.63) is 23.8 Å². The Morgan fingerprint density at radius 1 is 1.54 bits per heavy atom. The lowest BCUT2D eigenvalue weighted by Gasteiger charge is -2.12. The second kappa shape index (κ2) is 2.57. The number of carbonyl (C=O) groups is 1. The Morgan fingerprint density at radius 3 is 2.62 bits per heavy atom. The standard InChI is InChI=1S/C12H16O/c1-4-9-7-12(9,3)10-5-6-11(13)8(10)2/h4,9H,1,5-7H2,2-3H3. The summed E-state index contributed by atoms with van der Waals surface area (Å²) in [4.78, 5) is 11.4. The molecule has 0 aromatic heterocycles. The molecule has 1 fully saturated rings. The van der Waals surface area contributed by atoms with Crippen molar-refractivity contribution in [1.29, 1.82) is 0 Å². The summed E-state index contributed by atoms with van der Waals surface area (Å²) < 4.78 is 0. The van der Waals surface area contributed by atoms with E-state index in [1.54, 1.807) is 0 Å². The van der Waals surface area contributed by atoms with Gasteiger partial charge >= 0.3 is 0 Å². The molecule has 70 valence electrons. The molecule has 13 heavy (non-hydrogen) atoms. The Bertz CT molecular complexity index is 311. The highest BCUT2D eigenvalue weighted by atomic mass is 16.1. The van der Waals surface area contributed by atoms with E-state index in [9.17, 15) is 4.79 Å². The number of allylic oxidation sites excluding steroid dienone is 3. The maximum Gasteiger partial charge on any atom is 0.158 e. The van der Waals surface area contributed by atoms with Crippen molar-refractivity contribution in [2.24, 2.45) is 11.3 Å². The first-order valence-corrected chi connectivity index (χ1v) is 4.95. The second-order valence-electron chi connectivity index (χ2n) is 4.49. The van der Waals surface area contributed by atoms with Crippen molar-refractivity contribution < 1.29 is 4.79 Å². The Balaban J connectivity index is 2.28. The van der Waals surface area contributed by atoms with Gasteiger partial charge in [-0.15, -0.1) is 6.58 Å². The normalized spacial score (nSPS) is 38.3. The van der Waals surface area contributed by atoms with Crippen LogP contribution < -0.4 is 0 Å². The van der Waals surface area contributed by atoms with Gasteiger partial charge in [0.15, 0.2) is 5.78 Å². The number of hydrogen-bond donors (Lipinski definition) is 0. The predicted octanol–water partition coefficient (Wildman–Crippen LogP) is 2.88. The molecule has 0 saturated heterocycles. The molecule has 0 bridgehead atoms. The SMILES string of the molecule is C=CC1CC1(C)C1=C(C)C(=O)CC1. The molecule has 0 N–H and O–H groups in total. The zero-order valence-electron chi connectivity index (χ0n) is 8.39. The van der Waals surface area contributed by atoms with Crippen LogP contribution in [0.5, 0.6) is 0 Å². The summed E-state index contributed by atoms with van der Waals surface area (Å²) in [5, 5.41) is 0. The molecular weight excluding hydrogens is 160 g/mol. The van der Waals surface area contributed by atoms with Crippen molar-refractivity contribution in [3.8, 4) is 0 Å². The fraction of sp³-hybridized carbons (Fsp3) is 0.583. The van der Waals surface area contributed by atoms with Crippen molar-refractivity contribution >= 4 is 5.78 Å². The molecule has 0 aromatic carbocycles. The van der Waals surface area contributed by atoms with Gasteiger partial charge in [0, 0.05) is 6.42 Å². The van der Waals surface area contributed by atoms with Gasteiger partial charge in [0.2, 0.25) is 0 Å². The second-order valence-corrected chi connectivity index (χ2v) is 4.49. The molecule has 0 aromatic rings. The monoisotopic (exact) mass is 176 g/mol. The maximum absolute atomic E-state index is 11.4. The van der Waals surface area contributed by atoms with E-state index >= 15 is 0 Å². The highest BCUT2D eigenvalue weighted by molar-refractivity contribution is 5.98. The molecule has 1 heteroatoms. The lowest BCUT2D eigenvalue weighted by Crippen LogP contribution is -2.02. The van der Waals surface area contributed by atoms with Crippen molar-refractivity contribution in [1.82, 2.24) is 0 Å². The molecule has 1 saturated carbocycles. The van der Waals surface area contributed by atoms with Gasteiger partial charge in [-0.05, 0) is 36.7 Å². The van der Waals surface area contributed by atoms with E-state index in [-0.39, 0.29) is 5.41 Å². The fourth-order valence-electron chi connectivity index (χ4n) is 2.58. The van der Waals surface area contributed by atoms with Gasteiger partial charge < -0.3 is 0 Å². The van der Waals surface area contributed by atoms with E-state index in [2.05, 4.69) is 13.5 Å². The Kier molecular flexibility index (Phi) is 1.73. The van der Waals surface area contributed by atoms with E-state index < -0.39 is 0 Å². The molecule has 0 aliphatic heterocycles. The molecular formula is C12H16O. The van der Waals surface area contributed by atoms with Crippen LogP contribution in [0.4, 0.5) is 0 Å². The fourth-order valence-corrected chi connectivity index (χ4v) is 2.58. The van der Waals surface area contributed by atoms with Gasteiger partial charge in [0.1, 0.15) is 0 Å². The third kappa shape index (κ3) is 1.10. The van der Waals surface area contributed by atoms with Crippen LogP contribution in [0.3, 0.4) is 0 Å². The van der Waals surface area contributed by atoms with Crippen LogP contribution in [0.2, 0.25) is 0 Å². The summed E-state index contributed by atoms with van der Waals surface area (Å²) in [5.74, 6) is 0.967. The summed E-state index contributed by atoms with van der Waals surface area (Å²) in [7, 11) is 0. The average molecular weight is 176 g/mol. The lowest BCUT2D eigenvalue weighted by atomic mass is 9.92. The number of rotatable bonds is 2. The van der Waals surface area contributed by atoms with Crippen LogP contribution >= 0.6 is 0 Å². The topological polar surface area (TPSA) is 17.1 Å². The van der Waals surface area contributed by atoms with Gasteiger partial charge in [0.05, 0.1) is 0 Å². The minimum Gasteiger partial charge on any atom is -0.295 e. The smallest absolute Gasteiger partial charge is 0.158 e. The summed E-state index contributed by atoms with van der Waals surface area (Å²) in [6.07, 6.45) is 4.95. The van der Waals surface area contributed by atoms with E-state index in [0.29, 0.717) is 11.7 Å². The molecule has 2 rings (SSSR count). The lowest BCUT2D eigenvalue weighted by molar-refractivity contribution is -0.114. The van der Waals surface area contributed by atoms with Crippen molar-refractivity contribution in [2.75, 3.05) is 0 Å². The van der Waals surface area contributed by atoms with Crippen molar-refractivity contribution in [3.63, 3.8) is 0 Å². The quantitative estimate of drug-likeness (QED) is 0.591. The van der Waals surface area contributed by atoms with Crippen LogP contribution in [0.25, 0.3) is 0 Å². The highest BCUT2D eigenvalue weighted by Gasteiger charge is 2.52. The largest absolute Gasteiger partial charge is 0.295 e. The molecule has 2 unspecified atom stereocenters. The van der Waals surface area contributed by atoms with Crippen LogP contribution in [0, 0.1) is 11.3 Å². The Labute approximate surface area is 79.5 Å². The maximum atomic E-state index is 11.4. The first kappa shape index (κ1) is 8.74. The van der Waals surface area contributed by atoms with Gasteiger partial charge in [0.25, 0.3) is 0 Å². The number of ketones is 1. The predicted molar refractivity (Wildman–Crippen MR) is 53.4 cm³/mol. The summed E-state index contributed by atoms with van der Waals surface area (Å²) in [5.41, 5.74) is 2.73. The van der Waals surface area contributed by atoms with Gasteiger partial charge in [-0.3, -0.25) is 4.79 Å². The molecule has 2 aliphatic rings. The molecule has 0 heterocycles. The molecule has 0 spiro atoms. The molecule has 2 aliphatic carbocycles. The van der Waals surface area contributed by atoms with E-state index in [1.807, 2.05) is 13.0 Å². The zero-order valence-corrected chi connectivity index (χ0v) is 8.39. The van der Waals surface area contributed by atoms with E-state index in [4.69, 9.17) is 0 Å². The molecule has 0 amide bonds. The first-order valence-electron chi connectivity index (χ1n) is 4.95. The van der Waals surface area contributed by atoms with E-state index in [0.717, 1.165) is 18.4 Å². The third-order valence-corrected chi connectivity index (χ3v) is 3.75. The number of carbonyl (C=O) groups excluding carboxylic acids is 1. The summed E-state index contributed by atoms with van der Waals surface area (Å²) in [6.45, 7) is 8.07. The van der Waals surface area contributed by atoms with Crippen molar-refractivity contribution in [2.45, 2.75) is 33.1 Å². The van der Waals surface area contributed by atoms with Gasteiger partial charge in [-0.2, -0.15) is 0 Å². The minimum absolute atomic E-state index is 0.290. The Hall–Kier alpha value is -0.850. The van der Waals surface area contributed by atoms with Crippen LogP contribution in [-0.2, 0) is 4.79 Å². The number of hydrogen-bond acceptors (Lipinski definition) is 1. The number of Topliss-reactive ketones (excluding diaryl/α,β-unsaturated/α-hetero) is 1. The van der Waals surface area contributed by atoms with Gasteiger partial charge in [-0.1, -0.05) is 18.6 Å². The zero-order chi connectivity index (χ0) is 9.64. The molecule has 0 radical (unpaired) electrons. The summed E-state index contributed by atoms with van der Waals surface area (Å²) in [6, 6.07) is 0. The van der Waals surface area contributed by atoms with Crippen LogP contribution in [-0.4, -0.2) is 5.78 Å². The Morgan fingerprint density at radius 2 is 2.23 bits per heavy atom. The van der Waals surface area contributed by atoms with Crippen LogP contribution in [0.1, 0.15) is 33.1 Å². The van der Waals surface area contributed by atoms with E-state index in [1.165, 1.54) is 12.0 Å². The first-order chi connectivity index (χ1) is 6.09. The molecule has 1 nitrogen and oxygen atoms in total. The average Bonchev–Trinajstić information content (AvgIpc) is 2.66. The van der Waals surface area contributed by atoms with Gasteiger partial charge in [-0.25, -0.2) is 0 Å². The summed E-state index contributed by atoms with van der Waals surface area (Å²) >= 11 is 0. The minimum atomic E-state index is 0.290. The third-order valence-electron chi connectivity index (χ3n) is 3.75. The molecule has 2 atom stereocenters.